The molecule has 0 aromatic heterocycles. The number of ether oxygens (including phenoxy) is 1. The standard InChI is InChI=1S/C28H20Cl2F3N3O4/c1-17(37)40-12-3-2-5-18-6-4-7-20(13-18)26(38)35-25-11-9-21(29)15-22(25)27(39)36-34-16-19-8-10-24(30)23(14-19)28(31,32)33/h4,6-11,13-16H,3,12H2,1H3,(H,35,38)(H,36,39). The van der Waals surface area contributed by atoms with Gasteiger partial charge in [0.1, 0.15) is 6.61 Å². The molecule has 0 unspecified atom stereocenters. The summed E-state index contributed by atoms with van der Waals surface area (Å²) in [6, 6.07) is 13.8. The number of rotatable bonds is 7. The van der Waals surface area contributed by atoms with Crippen LogP contribution in [0, 0.1) is 11.8 Å². The molecule has 0 heterocycles. The highest BCUT2D eigenvalue weighted by Gasteiger charge is 2.33. The zero-order chi connectivity index (χ0) is 29.3. The van der Waals surface area contributed by atoms with Gasteiger partial charge in [0.2, 0.25) is 0 Å². The van der Waals surface area contributed by atoms with Gasteiger partial charge in [0.15, 0.2) is 0 Å². The van der Waals surface area contributed by atoms with Crippen LogP contribution < -0.4 is 10.7 Å². The van der Waals surface area contributed by atoms with E-state index in [0.717, 1.165) is 18.3 Å². The van der Waals surface area contributed by atoms with Gasteiger partial charge in [-0.3, -0.25) is 14.4 Å². The third kappa shape index (κ3) is 8.86. The maximum atomic E-state index is 13.1. The van der Waals surface area contributed by atoms with Crippen molar-refractivity contribution < 1.29 is 32.3 Å². The number of nitrogens with zero attached hydrogens (tertiary/aromatic N) is 1. The smallest absolute Gasteiger partial charge is 0.417 e. The van der Waals surface area contributed by atoms with Crippen LogP contribution in [-0.4, -0.2) is 30.6 Å². The Labute approximate surface area is 237 Å². The fourth-order valence-electron chi connectivity index (χ4n) is 3.22. The molecule has 3 aromatic carbocycles. The van der Waals surface area contributed by atoms with E-state index in [0.29, 0.717) is 12.0 Å². The zero-order valence-corrected chi connectivity index (χ0v) is 22.2. The number of hydrogen-bond acceptors (Lipinski definition) is 5. The van der Waals surface area contributed by atoms with Crippen molar-refractivity contribution in [3.63, 3.8) is 0 Å². The maximum absolute atomic E-state index is 13.1. The van der Waals surface area contributed by atoms with E-state index in [1.165, 1.54) is 31.2 Å². The van der Waals surface area contributed by atoms with Gasteiger partial charge in [-0.25, -0.2) is 5.43 Å². The molecular weight excluding hydrogens is 570 g/mol. The number of hydrogen-bond donors (Lipinski definition) is 2. The van der Waals surface area contributed by atoms with Crippen molar-refractivity contribution in [2.75, 3.05) is 11.9 Å². The Bertz CT molecular complexity index is 1530. The quantitative estimate of drug-likeness (QED) is 0.111. The molecule has 12 heteroatoms. The Hall–Kier alpha value is -4.33. The number of alkyl halides is 3. The third-order valence-corrected chi connectivity index (χ3v) is 5.60. The first-order valence-electron chi connectivity index (χ1n) is 11.5. The molecule has 0 saturated heterocycles. The zero-order valence-electron chi connectivity index (χ0n) is 20.7. The molecule has 0 fully saturated rings. The summed E-state index contributed by atoms with van der Waals surface area (Å²) in [5.41, 5.74) is 2.10. The van der Waals surface area contributed by atoms with E-state index in [-0.39, 0.29) is 34.0 Å². The Morgan fingerprint density at radius 2 is 1.80 bits per heavy atom. The van der Waals surface area contributed by atoms with Crippen molar-refractivity contribution >= 4 is 52.9 Å². The molecule has 0 aliphatic rings. The summed E-state index contributed by atoms with van der Waals surface area (Å²) in [5.74, 6) is 4.01. The van der Waals surface area contributed by atoms with Crippen molar-refractivity contribution in [2.24, 2.45) is 5.10 Å². The number of carbonyl (C=O) groups is 3. The lowest BCUT2D eigenvalue weighted by Gasteiger charge is -2.11. The fourth-order valence-corrected chi connectivity index (χ4v) is 3.62. The summed E-state index contributed by atoms with van der Waals surface area (Å²) < 4.78 is 44.0. The number of benzene rings is 3. The van der Waals surface area contributed by atoms with Crippen molar-refractivity contribution in [1.82, 2.24) is 5.43 Å². The van der Waals surface area contributed by atoms with E-state index >= 15 is 0 Å². The number of amides is 2. The second-order valence-electron chi connectivity index (χ2n) is 8.05. The number of esters is 1. The van der Waals surface area contributed by atoms with Crippen LogP contribution in [0.15, 0.2) is 65.8 Å². The number of carbonyl (C=O) groups excluding carboxylic acids is 3. The molecule has 2 amide bonds. The normalized spacial score (nSPS) is 10.9. The lowest BCUT2D eigenvalue weighted by atomic mass is 10.1. The Kier molecular flexibility index (Phi) is 10.3. The third-order valence-electron chi connectivity index (χ3n) is 5.04. The number of anilines is 1. The van der Waals surface area contributed by atoms with Crippen molar-refractivity contribution in [1.29, 1.82) is 0 Å². The summed E-state index contributed by atoms with van der Waals surface area (Å²) in [7, 11) is 0. The first-order valence-corrected chi connectivity index (χ1v) is 12.2. The van der Waals surface area contributed by atoms with Gasteiger partial charge in [-0.2, -0.15) is 18.3 Å². The molecule has 7 nitrogen and oxygen atoms in total. The number of hydrazone groups is 1. The monoisotopic (exact) mass is 589 g/mol. The van der Waals surface area contributed by atoms with Gasteiger partial charge in [0.25, 0.3) is 11.8 Å². The van der Waals surface area contributed by atoms with Crippen LogP contribution in [0.25, 0.3) is 0 Å². The molecule has 0 aliphatic heterocycles. The highest BCUT2D eigenvalue weighted by atomic mass is 35.5. The van der Waals surface area contributed by atoms with Crippen LogP contribution >= 0.6 is 23.2 Å². The first-order chi connectivity index (χ1) is 18.9. The number of nitrogens with one attached hydrogen (secondary N) is 2. The average Bonchev–Trinajstić information content (AvgIpc) is 2.89. The van der Waals surface area contributed by atoms with Gasteiger partial charge in [-0.05, 0) is 54.1 Å². The molecule has 0 saturated carbocycles. The molecule has 206 valence electrons. The van der Waals surface area contributed by atoms with E-state index < -0.39 is 34.5 Å². The molecule has 3 aromatic rings. The SMILES string of the molecule is CC(=O)OCCC#Cc1cccc(C(=O)Nc2ccc(Cl)cc2C(=O)NN=Cc2ccc(Cl)c(C(F)(F)F)c2)c1. The van der Waals surface area contributed by atoms with Gasteiger partial charge < -0.3 is 10.1 Å². The van der Waals surface area contributed by atoms with Crippen molar-refractivity contribution in [3.05, 3.63) is 98.5 Å². The van der Waals surface area contributed by atoms with Gasteiger partial charge in [-0.15, -0.1) is 0 Å². The van der Waals surface area contributed by atoms with Crippen LogP contribution in [-0.2, 0) is 15.7 Å². The second kappa shape index (κ2) is 13.6. The Morgan fingerprint density at radius 3 is 2.52 bits per heavy atom. The van der Waals surface area contributed by atoms with Crippen LogP contribution in [0.4, 0.5) is 18.9 Å². The minimum absolute atomic E-state index is 0.0356. The second-order valence-corrected chi connectivity index (χ2v) is 8.90. The highest BCUT2D eigenvalue weighted by molar-refractivity contribution is 6.31. The molecule has 0 atom stereocenters. The van der Waals surface area contributed by atoms with Crippen LogP contribution in [0.2, 0.25) is 10.0 Å². The van der Waals surface area contributed by atoms with Crippen LogP contribution in [0.5, 0.6) is 0 Å². The number of halogens is 5. The minimum atomic E-state index is -4.66. The lowest BCUT2D eigenvalue weighted by Crippen LogP contribution is -2.21. The Balaban J connectivity index is 1.72. The van der Waals surface area contributed by atoms with E-state index in [2.05, 4.69) is 27.7 Å². The topological polar surface area (TPSA) is 96.9 Å². The molecule has 3 rings (SSSR count). The summed E-state index contributed by atoms with van der Waals surface area (Å²) >= 11 is 11.6. The largest absolute Gasteiger partial charge is 0.465 e. The molecule has 0 bridgehead atoms. The molecule has 0 radical (unpaired) electrons. The average molecular weight is 590 g/mol. The molecule has 0 spiro atoms. The predicted octanol–water partition coefficient (Wildman–Crippen LogP) is 6.33. The summed E-state index contributed by atoms with van der Waals surface area (Å²) in [6.07, 6.45) is -3.32. The Morgan fingerprint density at radius 1 is 1.02 bits per heavy atom. The van der Waals surface area contributed by atoms with E-state index in [1.807, 2.05) is 0 Å². The van der Waals surface area contributed by atoms with Crippen molar-refractivity contribution in [3.8, 4) is 11.8 Å². The van der Waals surface area contributed by atoms with Gasteiger partial charge >= 0.3 is 12.1 Å². The highest BCUT2D eigenvalue weighted by Crippen LogP contribution is 2.34. The maximum Gasteiger partial charge on any atom is 0.417 e. The van der Waals surface area contributed by atoms with E-state index in [9.17, 15) is 27.6 Å². The van der Waals surface area contributed by atoms with Crippen LogP contribution in [0.1, 0.15) is 50.8 Å². The molecule has 40 heavy (non-hydrogen) atoms. The molecule has 2 N–H and O–H groups in total. The van der Waals surface area contributed by atoms with Gasteiger partial charge in [0.05, 0.1) is 28.1 Å². The van der Waals surface area contributed by atoms with E-state index in [4.69, 9.17) is 27.9 Å². The summed E-state index contributed by atoms with van der Waals surface area (Å²) in [4.78, 5) is 36.5. The lowest BCUT2D eigenvalue weighted by molar-refractivity contribution is -0.140. The summed E-state index contributed by atoms with van der Waals surface area (Å²) in [5, 5.41) is 6.07. The fraction of sp³-hybridized carbons (Fsp3) is 0.143. The van der Waals surface area contributed by atoms with Crippen LogP contribution in [0.3, 0.4) is 0 Å². The first kappa shape index (κ1) is 30.2. The molecule has 0 aliphatic carbocycles. The molecular formula is C28H20Cl2F3N3O4. The minimum Gasteiger partial charge on any atom is -0.465 e. The predicted molar refractivity (Wildman–Crippen MR) is 145 cm³/mol. The summed E-state index contributed by atoms with van der Waals surface area (Å²) in [6.45, 7) is 1.46. The van der Waals surface area contributed by atoms with Gasteiger partial charge in [-0.1, -0.05) is 47.2 Å². The van der Waals surface area contributed by atoms with Gasteiger partial charge in [0, 0.05) is 29.5 Å². The van der Waals surface area contributed by atoms with E-state index in [1.54, 1.807) is 24.3 Å². The van der Waals surface area contributed by atoms with Crippen molar-refractivity contribution in [2.45, 2.75) is 19.5 Å².